The van der Waals surface area contributed by atoms with Crippen molar-refractivity contribution in [1.82, 2.24) is 9.97 Å². The van der Waals surface area contributed by atoms with Crippen molar-refractivity contribution in [2.75, 3.05) is 18.5 Å². The molecule has 1 N–H and O–H groups in total. The van der Waals surface area contributed by atoms with Crippen LogP contribution in [0, 0.1) is 11.7 Å². The molecule has 20 heavy (non-hydrogen) atoms. The van der Waals surface area contributed by atoms with Crippen LogP contribution in [0.3, 0.4) is 0 Å². The lowest BCUT2D eigenvalue weighted by Crippen LogP contribution is -2.31. The van der Waals surface area contributed by atoms with Crippen LogP contribution in [0.5, 0.6) is 0 Å². The number of aromatic nitrogens is 2. The quantitative estimate of drug-likeness (QED) is 0.880. The van der Waals surface area contributed by atoms with Gasteiger partial charge >= 0.3 is 0 Å². The molecule has 1 heterocycles. The number of hydrogen-bond donors (Lipinski definition) is 1. The molecule has 0 radical (unpaired) electrons. The van der Waals surface area contributed by atoms with Gasteiger partial charge in [-0.15, -0.1) is 0 Å². The van der Waals surface area contributed by atoms with Gasteiger partial charge in [-0.05, 0) is 25.0 Å². The highest BCUT2D eigenvalue weighted by molar-refractivity contribution is 5.89. The van der Waals surface area contributed by atoms with Gasteiger partial charge in [0.15, 0.2) is 0 Å². The minimum Gasteiger partial charge on any atom is -0.380 e. The zero-order chi connectivity index (χ0) is 14.5. The number of hydrogen-bond acceptors (Lipinski definition) is 4. The van der Waals surface area contributed by atoms with Crippen LogP contribution >= 0.6 is 0 Å². The molecule has 0 aliphatic carbocycles. The SMILES string of the molecule is CCOCC(Nc1ncnc2c(F)cccc12)C(C)C. The Bertz CT molecular complexity index is 574. The first-order valence-corrected chi connectivity index (χ1v) is 6.87. The first-order valence-electron chi connectivity index (χ1n) is 6.87. The van der Waals surface area contributed by atoms with E-state index >= 15 is 0 Å². The van der Waals surface area contributed by atoms with E-state index in [1.54, 1.807) is 6.07 Å². The smallest absolute Gasteiger partial charge is 0.149 e. The van der Waals surface area contributed by atoms with Crippen molar-refractivity contribution in [3.05, 3.63) is 30.3 Å². The number of nitrogens with zero attached hydrogens (tertiary/aromatic N) is 2. The van der Waals surface area contributed by atoms with Crippen molar-refractivity contribution in [3.8, 4) is 0 Å². The van der Waals surface area contributed by atoms with Crippen LogP contribution in [0.2, 0.25) is 0 Å². The van der Waals surface area contributed by atoms with Crippen LogP contribution in [0.1, 0.15) is 20.8 Å². The normalized spacial score (nSPS) is 12.8. The van der Waals surface area contributed by atoms with Crippen LogP contribution in [-0.2, 0) is 4.74 Å². The maximum absolute atomic E-state index is 13.7. The summed E-state index contributed by atoms with van der Waals surface area (Å²) >= 11 is 0. The molecule has 1 aromatic heterocycles. The molecule has 0 spiro atoms. The maximum atomic E-state index is 13.7. The summed E-state index contributed by atoms with van der Waals surface area (Å²) in [6, 6.07) is 5.01. The third-order valence-electron chi connectivity index (χ3n) is 3.24. The zero-order valence-corrected chi connectivity index (χ0v) is 12.1. The van der Waals surface area contributed by atoms with Gasteiger partial charge in [0.2, 0.25) is 0 Å². The Hall–Kier alpha value is -1.75. The second kappa shape index (κ2) is 6.61. The van der Waals surface area contributed by atoms with Crippen LogP contribution in [0.25, 0.3) is 10.9 Å². The van der Waals surface area contributed by atoms with E-state index in [2.05, 4.69) is 29.1 Å². The van der Waals surface area contributed by atoms with E-state index in [1.807, 2.05) is 13.0 Å². The Morgan fingerprint density at radius 2 is 2.10 bits per heavy atom. The highest BCUT2D eigenvalue weighted by atomic mass is 19.1. The van der Waals surface area contributed by atoms with Crippen molar-refractivity contribution < 1.29 is 9.13 Å². The summed E-state index contributed by atoms with van der Waals surface area (Å²) < 4.78 is 19.2. The molecule has 0 saturated carbocycles. The molecule has 1 atom stereocenters. The molecule has 0 aliphatic rings. The summed E-state index contributed by atoms with van der Waals surface area (Å²) in [6.45, 7) is 7.45. The second-order valence-corrected chi connectivity index (χ2v) is 5.01. The molecule has 0 amide bonds. The zero-order valence-electron chi connectivity index (χ0n) is 12.1. The number of halogens is 1. The fraction of sp³-hybridized carbons (Fsp3) is 0.467. The van der Waals surface area contributed by atoms with E-state index < -0.39 is 0 Å². The molecule has 4 nitrogen and oxygen atoms in total. The fourth-order valence-electron chi connectivity index (χ4n) is 1.99. The minimum atomic E-state index is -0.334. The average Bonchev–Trinajstić information content (AvgIpc) is 2.44. The van der Waals surface area contributed by atoms with Crippen molar-refractivity contribution in [2.45, 2.75) is 26.8 Å². The van der Waals surface area contributed by atoms with Crippen molar-refractivity contribution in [2.24, 2.45) is 5.92 Å². The van der Waals surface area contributed by atoms with E-state index in [4.69, 9.17) is 4.74 Å². The van der Waals surface area contributed by atoms with Gasteiger partial charge in [0.25, 0.3) is 0 Å². The summed E-state index contributed by atoms with van der Waals surface area (Å²) in [5.41, 5.74) is 0.337. The first kappa shape index (κ1) is 14.7. The molecule has 0 fully saturated rings. The molecule has 0 saturated heterocycles. The number of fused-ring (bicyclic) bond motifs is 1. The lowest BCUT2D eigenvalue weighted by Gasteiger charge is -2.23. The van der Waals surface area contributed by atoms with E-state index in [1.165, 1.54) is 12.4 Å². The van der Waals surface area contributed by atoms with Crippen LogP contribution in [-0.4, -0.2) is 29.2 Å². The van der Waals surface area contributed by atoms with E-state index in [0.717, 1.165) is 0 Å². The Labute approximate surface area is 118 Å². The lowest BCUT2D eigenvalue weighted by molar-refractivity contribution is 0.126. The van der Waals surface area contributed by atoms with Crippen molar-refractivity contribution in [3.63, 3.8) is 0 Å². The molecule has 5 heteroatoms. The predicted octanol–water partition coefficient (Wildman–Crippen LogP) is 3.24. The first-order chi connectivity index (χ1) is 9.63. The van der Waals surface area contributed by atoms with Gasteiger partial charge in [-0.2, -0.15) is 0 Å². The third-order valence-corrected chi connectivity index (χ3v) is 3.24. The number of para-hydroxylation sites is 1. The number of benzene rings is 1. The predicted molar refractivity (Wildman–Crippen MR) is 78.2 cm³/mol. The molecular weight excluding hydrogens is 257 g/mol. The molecule has 108 valence electrons. The van der Waals surface area contributed by atoms with Crippen LogP contribution in [0.4, 0.5) is 10.2 Å². The molecule has 1 unspecified atom stereocenters. The molecule has 0 bridgehead atoms. The highest BCUT2D eigenvalue weighted by Gasteiger charge is 2.16. The van der Waals surface area contributed by atoms with E-state index in [0.29, 0.717) is 35.9 Å². The Balaban J connectivity index is 2.30. The van der Waals surface area contributed by atoms with Gasteiger partial charge in [0.1, 0.15) is 23.5 Å². The second-order valence-electron chi connectivity index (χ2n) is 5.01. The standard InChI is InChI=1S/C15H20FN3O/c1-4-20-8-13(10(2)3)19-15-11-6-5-7-12(16)14(11)17-9-18-15/h5-7,9-10,13H,4,8H2,1-3H3,(H,17,18,19). The summed E-state index contributed by atoms with van der Waals surface area (Å²) in [6.07, 6.45) is 1.38. The number of nitrogens with one attached hydrogen (secondary N) is 1. The topological polar surface area (TPSA) is 47.0 Å². The maximum Gasteiger partial charge on any atom is 0.149 e. The van der Waals surface area contributed by atoms with Gasteiger partial charge in [-0.1, -0.05) is 19.9 Å². The monoisotopic (exact) mass is 277 g/mol. The Kier molecular flexibility index (Phi) is 4.84. The fourth-order valence-corrected chi connectivity index (χ4v) is 1.99. The molecule has 0 aliphatic heterocycles. The van der Waals surface area contributed by atoms with E-state index in [9.17, 15) is 4.39 Å². The number of anilines is 1. The highest BCUT2D eigenvalue weighted by Crippen LogP contribution is 2.22. The Morgan fingerprint density at radius 1 is 1.30 bits per heavy atom. The van der Waals surface area contributed by atoms with Gasteiger partial charge in [0, 0.05) is 12.0 Å². The number of rotatable bonds is 6. The van der Waals surface area contributed by atoms with Crippen molar-refractivity contribution >= 4 is 16.7 Å². The van der Waals surface area contributed by atoms with Gasteiger partial charge in [0.05, 0.1) is 12.6 Å². The largest absolute Gasteiger partial charge is 0.380 e. The third kappa shape index (κ3) is 3.22. The average molecular weight is 277 g/mol. The molecule has 1 aromatic carbocycles. The van der Waals surface area contributed by atoms with Gasteiger partial charge in [-0.25, -0.2) is 14.4 Å². The summed E-state index contributed by atoms with van der Waals surface area (Å²) in [7, 11) is 0. The summed E-state index contributed by atoms with van der Waals surface area (Å²) in [5, 5.41) is 4.03. The van der Waals surface area contributed by atoms with Crippen molar-refractivity contribution in [1.29, 1.82) is 0 Å². The van der Waals surface area contributed by atoms with Crippen LogP contribution in [0.15, 0.2) is 24.5 Å². The van der Waals surface area contributed by atoms with Crippen LogP contribution < -0.4 is 5.32 Å². The number of ether oxygens (including phenoxy) is 1. The minimum absolute atomic E-state index is 0.122. The van der Waals surface area contributed by atoms with E-state index in [-0.39, 0.29) is 11.9 Å². The van der Waals surface area contributed by atoms with Gasteiger partial charge < -0.3 is 10.1 Å². The molecule has 2 rings (SSSR count). The lowest BCUT2D eigenvalue weighted by atomic mass is 10.1. The van der Waals surface area contributed by atoms with Gasteiger partial charge in [-0.3, -0.25) is 0 Å². The Morgan fingerprint density at radius 3 is 2.80 bits per heavy atom. The summed E-state index contributed by atoms with van der Waals surface area (Å²) in [5.74, 6) is 0.687. The summed E-state index contributed by atoms with van der Waals surface area (Å²) in [4.78, 5) is 8.23. The molecule has 2 aromatic rings. The molecular formula is C15H20FN3O.